The topological polar surface area (TPSA) is 127 Å². The van der Waals surface area contributed by atoms with Gasteiger partial charge in [0.15, 0.2) is 5.17 Å². The molecular weight excluding hydrogens is 520 g/mol. The zero-order valence-electron chi connectivity index (χ0n) is 20.9. The number of nitro groups is 1. The summed E-state index contributed by atoms with van der Waals surface area (Å²) in [6.07, 6.45) is 1.53. The van der Waals surface area contributed by atoms with Crippen LogP contribution in [0.25, 0.3) is 5.70 Å². The zero-order chi connectivity index (χ0) is 27.4. The first-order chi connectivity index (χ1) is 19.0. The first-order valence-electron chi connectivity index (χ1n) is 12.2. The summed E-state index contributed by atoms with van der Waals surface area (Å²) in [5.74, 6) is -0.227. The van der Waals surface area contributed by atoms with Gasteiger partial charge in [-0.3, -0.25) is 14.9 Å². The average molecular weight is 545 g/mol. The Balaban J connectivity index is 1.58. The fourth-order valence-corrected chi connectivity index (χ4v) is 5.36. The van der Waals surface area contributed by atoms with E-state index in [1.54, 1.807) is 36.1 Å². The second kappa shape index (κ2) is 11.4. The predicted molar refractivity (Wildman–Crippen MR) is 146 cm³/mol. The molecule has 0 aliphatic carbocycles. The lowest BCUT2D eigenvalue weighted by atomic mass is 9.91. The van der Waals surface area contributed by atoms with Crippen molar-refractivity contribution in [3.8, 4) is 0 Å². The highest BCUT2D eigenvalue weighted by molar-refractivity contribution is 8.16. The van der Waals surface area contributed by atoms with E-state index in [4.69, 9.17) is 14.1 Å². The molecule has 0 bridgehead atoms. The summed E-state index contributed by atoms with van der Waals surface area (Å²) in [5, 5.41) is 16.8. The molecule has 1 atom stereocenters. The summed E-state index contributed by atoms with van der Waals surface area (Å²) in [4.78, 5) is 44.2. The summed E-state index contributed by atoms with van der Waals surface area (Å²) in [6, 6.07) is 18.0. The molecule has 2 aromatic carbocycles. The van der Waals surface area contributed by atoms with Crippen LogP contribution in [0.15, 0.2) is 99.1 Å². The fraction of sp³-hybridized carbons (Fsp3) is 0.179. The van der Waals surface area contributed by atoms with Crippen molar-refractivity contribution in [3.63, 3.8) is 0 Å². The first-order valence-corrected chi connectivity index (χ1v) is 13.1. The lowest BCUT2D eigenvalue weighted by Crippen LogP contribution is -2.38. The Morgan fingerprint density at radius 1 is 1.15 bits per heavy atom. The SMILES string of the molecule is CCOC(=O)C1=C(c2ccccc2)N=C2SC=C(CC(=O)NCc3ccco3)N2[C@H]1c1cccc([N+](=O)[O-])c1. The number of amides is 1. The van der Waals surface area contributed by atoms with Crippen LogP contribution in [0.4, 0.5) is 5.69 Å². The van der Waals surface area contributed by atoms with Crippen molar-refractivity contribution in [3.05, 3.63) is 117 Å². The van der Waals surface area contributed by atoms with Gasteiger partial charge in [0, 0.05) is 23.4 Å². The molecule has 0 fully saturated rings. The number of nitro benzene ring substituents is 1. The van der Waals surface area contributed by atoms with E-state index in [1.165, 1.54) is 30.2 Å². The number of non-ortho nitro benzene ring substituents is 1. The van der Waals surface area contributed by atoms with E-state index in [0.29, 0.717) is 33.4 Å². The Bertz CT molecular complexity index is 1500. The monoisotopic (exact) mass is 544 g/mol. The van der Waals surface area contributed by atoms with Gasteiger partial charge in [0.2, 0.25) is 5.91 Å². The van der Waals surface area contributed by atoms with Crippen LogP contribution < -0.4 is 5.32 Å². The van der Waals surface area contributed by atoms with Gasteiger partial charge in [-0.15, -0.1) is 0 Å². The van der Waals surface area contributed by atoms with Crippen molar-refractivity contribution in [2.45, 2.75) is 25.9 Å². The molecule has 0 saturated heterocycles. The summed E-state index contributed by atoms with van der Waals surface area (Å²) >= 11 is 1.32. The molecule has 198 valence electrons. The van der Waals surface area contributed by atoms with Gasteiger partial charge in [0.05, 0.1) is 48.1 Å². The molecular formula is C28H24N4O6S. The zero-order valence-corrected chi connectivity index (χ0v) is 21.7. The Morgan fingerprint density at radius 3 is 2.69 bits per heavy atom. The van der Waals surface area contributed by atoms with E-state index < -0.39 is 16.9 Å². The van der Waals surface area contributed by atoms with Crippen molar-refractivity contribution in [2.75, 3.05) is 6.61 Å². The third-order valence-corrected chi connectivity index (χ3v) is 7.02. The molecule has 1 aromatic heterocycles. The molecule has 0 saturated carbocycles. The number of hydrogen-bond acceptors (Lipinski definition) is 9. The van der Waals surface area contributed by atoms with E-state index in [0.717, 1.165) is 0 Å². The number of amidine groups is 1. The molecule has 1 N–H and O–H groups in total. The molecule has 10 nitrogen and oxygen atoms in total. The van der Waals surface area contributed by atoms with Gasteiger partial charge in [0.25, 0.3) is 5.69 Å². The van der Waals surface area contributed by atoms with Crippen molar-refractivity contribution in [1.82, 2.24) is 10.2 Å². The second-order valence-electron chi connectivity index (χ2n) is 8.63. The van der Waals surface area contributed by atoms with Gasteiger partial charge in [-0.1, -0.05) is 54.2 Å². The number of esters is 1. The van der Waals surface area contributed by atoms with E-state index in [9.17, 15) is 19.7 Å². The number of carbonyl (C=O) groups excluding carboxylic acids is 2. The molecule has 0 unspecified atom stereocenters. The van der Waals surface area contributed by atoms with E-state index in [1.807, 2.05) is 35.7 Å². The lowest BCUT2D eigenvalue weighted by molar-refractivity contribution is -0.384. The molecule has 2 aliphatic heterocycles. The minimum Gasteiger partial charge on any atom is -0.467 e. The Morgan fingerprint density at radius 2 is 1.97 bits per heavy atom. The van der Waals surface area contributed by atoms with Crippen molar-refractivity contribution in [1.29, 1.82) is 0 Å². The number of fused-ring (bicyclic) bond motifs is 1. The summed E-state index contributed by atoms with van der Waals surface area (Å²) < 4.78 is 10.8. The molecule has 39 heavy (non-hydrogen) atoms. The summed E-state index contributed by atoms with van der Waals surface area (Å²) in [7, 11) is 0. The average Bonchev–Trinajstić information content (AvgIpc) is 3.62. The lowest BCUT2D eigenvalue weighted by Gasteiger charge is -2.36. The third-order valence-electron chi connectivity index (χ3n) is 6.13. The number of aliphatic imine (C=N–C) groups is 1. The fourth-order valence-electron chi connectivity index (χ4n) is 4.44. The van der Waals surface area contributed by atoms with Gasteiger partial charge in [0.1, 0.15) is 5.76 Å². The Hall–Kier alpha value is -4.64. The number of nitrogens with zero attached hydrogens (tertiary/aromatic N) is 3. The van der Waals surface area contributed by atoms with Crippen LogP contribution in [0.2, 0.25) is 0 Å². The maximum atomic E-state index is 13.5. The number of rotatable bonds is 9. The van der Waals surface area contributed by atoms with Gasteiger partial charge in [-0.25, -0.2) is 9.79 Å². The highest BCUT2D eigenvalue weighted by atomic mass is 32.2. The minimum absolute atomic E-state index is 0.00503. The van der Waals surface area contributed by atoms with Crippen molar-refractivity contribution in [2.24, 2.45) is 4.99 Å². The largest absolute Gasteiger partial charge is 0.467 e. The number of ether oxygens (including phenoxy) is 1. The summed E-state index contributed by atoms with van der Waals surface area (Å²) in [6.45, 7) is 2.07. The Labute approximate surface area is 228 Å². The Kier molecular flexibility index (Phi) is 7.60. The standard InChI is InChI=1S/C28H24N4O6S/c1-2-37-27(34)24-25(18-8-4-3-5-9-18)30-28-31(26(24)19-10-6-11-20(14-19)32(35)36)21(17-39-28)15-23(33)29-16-22-12-7-13-38-22/h3-14,17,26H,2,15-16H2,1H3,(H,29,33)/t26-/m0/s1. The predicted octanol–water partition coefficient (Wildman–Crippen LogP) is 5.17. The number of benzene rings is 2. The van der Waals surface area contributed by atoms with Gasteiger partial charge < -0.3 is 19.4 Å². The van der Waals surface area contributed by atoms with E-state index >= 15 is 0 Å². The molecule has 5 rings (SSSR count). The van der Waals surface area contributed by atoms with Crippen LogP contribution in [0, 0.1) is 10.1 Å². The molecule has 3 aromatic rings. The quantitative estimate of drug-likeness (QED) is 0.222. The third kappa shape index (κ3) is 5.48. The number of carbonyl (C=O) groups is 2. The number of thioether (sulfide) groups is 1. The van der Waals surface area contributed by atoms with Gasteiger partial charge >= 0.3 is 5.97 Å². The van der Waals surface area contributed by atoms with E-state index in [-0.39, 0.29) is 36.7 Å². The molecule has 11 heteroatoms. The first kappa shape index (κ1) is 26.0. The van der Waals surface area contributed by atoms with E-state index in [2.05, 4.69) is 5.32 Å². The van der Waals surface area contributed by atoms with Crippen LogP contribution in [-0.4, -0.2) is 33.5 Å². The highest BCUT2D eigenvalue weighted by Gasteiger charge is 2.42. The van der Waals surface area contributed by atoms with Crippen molar-refractivity contribution >= 4 is 40.2 Å². The minimum atomic E-state index is -0.814. The maximum Gasteiger partial charge on any atom is 0.338 e. The molecule has 0 radical (unpaired) electrons. The number of hydrogen-bond donors (Lipinski definition) is 1. The number of nitrogens with one attached hydrogen (secondary N) is 1. The van der Waals surface area contributed by atoms with Crippen molar-refractivity contribution < 1.29 is 23.7 Å². The second-order valence-corrected chi connectivity index (χ2v) is 9.46. The van der Waals surface area contributed by atoms with Crippen LogP contribution in [0.3, 0.4) is 0 Å². The molecule has 0 spiro atoms. The van der Waals surface area contributed by atoms with Gasteiger partial charge in [-0.05, 0) is 30.0 Å². The van der Waals surface area contributed by atoms with Crippen LogP contribution in [-0.2, 0) is 20.9 Å². The van der Waals surface area contributed by atoms with Gasteiger partial charge in [-0.2, -0.15) is 0 Å². The number of furan rings is 1. The maximum absolute atomic E-state index is 13.5. The van der Waals surface area contributed by atoms with Crippen LogP contribution in [0.1, 0.15) is 36.3 Å². The van der Waals surface area contributed by atoms with Crippen LogP contribution in [0.5, 0.6) is 0 Å². The highest BCUT2D eigenvalue weighted by Crippen LogP contribution is 2.47. The summed E-state index contributed by atoms with van der Waals surface area (Å²) in [5.41, 5.74) is 2.33. The van der Waals surface area contributed by atoms with Crippen LogP contribution >= 0.6 is 11.8 Å². The molecule has 3 heterocycles. The molecule has 2 aliphatic rings. The molecule has 1 amide bonds. The normalized spacial score (nSPS) is 16.3. The smallest absolute Gasteiger partial charge is 0.338 e.